The molecule has 0 aliphatic heterocycles. The Morgan fingerprint density at radius 2 is 2.40 bits per heavy atom. The van der Waals surface area contributed by atoms with E-state index in [0.717, 1.165) is 11.8 Å². The maximum absolute atomic E-state index is 2.40. The molecule has 0 N–H and O–H groups in total. The van der Waals surface area contributed by atoms with Crippen molar-refractivity contribution in [3.05, 3.63) is 12.2 Å². The van der Waals surface area contributed by atoms with Crippen LogP contribution in [0, 0.1) is 11.8 Å². The fourth-order valence-corrected chi connectivity index (χ4v) is 1.58. The minimum Gasteiger partial charge on any atom is -0.0882 e. The molecule has 0 heterocycles. The fourth-order valence-electron chi connectivity index (χ4n) is 1.58. The van der Waals surface area contributed by atoms with Gasteiger partial charge in [0.1, 0.15) is 0 Å². The Kier molecular flexibility index (Phi) is 2.98. The first-order chi connectivity index (χ1) is 4.83. The fraction of sp³-hybridized carbons (Fsp3) is 0.800. The standard InChI is InChI=1S/C10H18/c1-3-9(2)8-10-6-4-5-7-10/h4,6,9-10H,3,5,7-8H2,1-2H3. The lowest BCUT2D eigenvalue weighted by Crippen LogP contribution is -2.00. The Hall–Kier alpha value is -0.260. The summed E-state index contributed by atoms with van der Waals surface area (Å²) in [6, 6.07) is 0. The van der Waals surface area contributed by atoms with Crippen molar-refractivity contribution < 1.29 is 0 Å². The summed E-state index contributed by atoms with van der Waals surface area (Å²) in [6.45, 7) is 4.63. The highest BCUT2D eigenvalue weighted by molar-refractivity contribution is 4.96. The number of hydrogen-bond acceptors (Lipinski definition) is 0. The Labute approximate surface area is 64.3 Å². The molecule has 58 valence electrons. The first-order valence-electron chi connectivity index (χ1n) is 4.49. The molecule has 0 bridgehead atoms. The first-order valence-corrected chi connectivity index (χ1v) is 4.49. The minimum atomic E-state index is 0.912. The third-order valence-electron chi connectivity index (χ3n) is 2.51. The monoisotopic (exact) mass is 138 g/mol. The van der Waals surface area contributed by atoms with E-state index in [-0.39, 0.29) is 0 Å². The van der Waals surface area contributed by atoms with Gasteiger partial charge in [-0.05, 0) is 31.1 Å². The van der Waals surface area contributed by atoms with Gasteiger partial charge in [0.25, 0.3) is 0 Å². The molecule has 0 heteroatoms. The van der Waals surface area contributed by atoms with Gasteiger partial charge in [0, 0.05) is 0 Å². The summed E-state index contributed by atoms with van der Waals surface area (Å²) in [5.41, 5.74) is 0. The van der Waals surface area contributed by atoms with Crippen LogP contribution in [0.4, 0.5) is 0 Å². The topological polar surface area (TPSA) is 0 Å². The van der Waals surface area contributed by atoms with Crippen LogP contribution >= 0.6 is 0 Å². The molecule has 0 aromatic rings. The molecule has 0 aromatic carbocycles. The first kappa shape index (κ1) is 7.84. The van der Waals surface area contributed by atoms with Crippen molar-refractivity contribution in [2.24, 2.45) is 11.8 Å². The highest BCUT2D eigenvalue weighted by Crippen LogP contribution is 2.25. The van der Waals surface area contributed by atoms with Crippen molar-refractivity contribution in [3.8, 4) is 0 Å². The van der Waals surface area contributed by atoms with Crippen LogP contribution in [-0.4, -0.2) is 0 Å². The lowest BCUT2D eigenvalue weighted by Gasteiger charge is -2.12. The molecule has 1 rings (SSSR count). The third kappa shape index (κ3) is 2.17. The zero-order chi connectivity index (χ0) is 7.40. The Morgan fingerprint density at radius 3 is 2.90 bits per heavy atom. The van der Waals surface area contributed by atoms with Gasteiger partial charge in [0.2, 0.25) is 0 Å². The lowest BCUT2D eigenvalue weighted by molar-refractivity contribution is 0.431. The van der Waals surface area contributed by atoms with E-state index >= 15 is 0 Å². The average Bonchev–Trinajstić information content (AvgIpc) is 2.40. The summed E-state index contributed by atoms with van der Waals surface area (Å²) in [5.74, 6) is 1.84. The molecule has 0 spiro atoms. The van der Waals surface area contributed by atoms with Gasteiger partial charge in [-0.1, -0.05) is 32.4 Å². The molecule has 10 heavy (non-hydrogen) atoms. The average molecular weight is 138 g/mol. The van der Waals surface area contributed by atoms with Crippen LogP contribution in [0.3, 0.4) is 0 Å². The maximum Gasteiger partial charge on any atom is -0.0228 e. The lowest BCUT2D eigenvalue weighted by atomic mass is 9.94. The van der Waals surface area contributed by atoms with Gasteiger partial charge in [-0.15, -0.1) is 0 Å². The van der Waals surface area contributed by atoms with E-state index in [9.17, 15) is 0 Å². The molecule has 2 atom stereocenters. The molecule has 1 aliphatic carbocycles. The van der Waals surface area contributed by atoms with E-state index in [1.807, 2.05) is 0 Å². The Bertz CT molecular complexity index is 113. The normalized spacial score (nSPS) is 27.2. The van der Waals surface area contributed by atoms with Crippen molar-refractivity contribution in [2.45, 2.75) is 39.5 Å². The van der Waals surface area contributed by atoms with Crippen LogP contribution in [-0.2, 0) is 0 Å². The van der Waals surface area contributed by atoms with E-state index in [2.05, 4.69) is 26.0 Å². The van der Waals surface area contributed by atoms with Gasteiger partial charge in [0.05, 0.1) is 0 Å². The van der Waals surface area contributed by atoms with Crippen LogP contribution in [0.1, 0.15) is 39.5 Å². The second-order valence-corrected chi connectivity index (χ2v) is 3.51. The van der Waals surface area contributed by atoms with Crippen LogP contribution in [0.5, 0.6) is 0 Å². The Morgan fingerprint density at radius 1 is 1.60 bits per heavy atom. The maximum atomic E-state index is 2.40. The second-order valence-electron chi connectivity index (χ2n) is 3.51. The smallest absolute Gasteiger partial charge is 0.0228 e. The zero-order valence-electron chi connectivity index (χ0n) is 7.14. The number of allylic oxidation sites excluding steroid dienone is 2. The van der Waals surface area contributed by atoms with Crippen molar-refractivity contribution in [1.82, 2.24) is 0 Å². The van der Waals surface area contributed by atoms with Gasteiger partial charge >= 0.3 is 0 Å². The SMILES string of the molecule is CCC(C)CC1C=CCC1. The molecule has 0 aromatic heterocycles. The third-order valence-corrected chi connectivity index (χ3v) is 2.51. The Balaban J connectivity index is 2.18. The van der Waals surface area contributed by atoms with Crippen molar-refractivity contribution in [1.29, 1.82) is 0 Å². The minimum absolute atomic E-state index is 0.912. The summed E-state index contributed by atoms with van der Waals surface area (Å²) >= 11 is 0. The largest absolute Gasteiger partial charge is 0.0882 e. The van der Waals surface area contributed by atoms with Gasteiger partial charge < -0.3 is 0 Å². The van der Waals surface area contributed by atoms with Gasteiger partial charge in [0.15, 0.2) is 0 Å². The molecule has 0 fully saturated rings. The van der Waals surface area contributed by atoms with Gasteiger partial charge in [-0.3, -0.25) is 0 Å². The van der Waals surface area contributed by atoms with E-state index in [0.29, 0.717) is 0 Å². The van der Waals surface area contributed by atoms with Crippen molar-refractivity contribution in [3.63, 3.8) is 0 Å². The molecule has 0 saturated heterocycles. The van der Waals surface area contributed by atoms with E-state index in [1.54, 1.807) is 0 Å². The number of rotatable bonds is 3. The molecular weight excluding hydrogens is 120 g/mol. The zero-order valence-corrected chi connectivity index (χ0v) is 7.14. The van der Waals surface area contributed by atoms with E-state index < -0.39 is 0 Å². The van der Waals surface area contributed by atoms with Crippen LogP contribution in [0.15, 0.2) is 12.2 Å². The van der Waals surface area contributed by atoms with Gasteiger partial charge in [-0.2, -0.15) is 0 Å². The van der Waals surface area contributed by atoms with Gasteiger partial charge in [-0.25, -0.2) is 0 Å². The van der Waals surface area contributed by atoms with Crippen molar-refractivity contribution >= 4 is 0 Å². The van der Waals surface area contributed by atoms with Crippen LogP contribution in [0.2, 0.25) is 0 Å². The molecule has 0 nitrogen and oxygen atoms in total. The summed E-state index contributed by atoms with van der Waals surface area (Å²) in [7, 11) is 0. The molecular formula is C10H18. The molecule has 0 amide bonds. The predicted molar refractivity (Wildman–Crippen MR) is 45.9 cm³/mol. The quantitative estimate of drug-likeness (QED) is 0.524. The van der Waals surface area contributed by atoms with Crippen molar-refractivity contribution in [2.75, 3.05) is 0 Å². The van der Waals surface area contributed by atoms with E-state index in [1.165, 1.54) is 25.7 Å². The highest BCUT2D eigenvalue weighted by Gasteiger charge is 2.11. The molecule has 0 radical (unpaired) electrons. The second kappa shape index (κ2) is 3.80. The summed E-state index contributed by atoms with van der Waals surface area (Å²) in [6.07, 6.45) is 10.2. The summed E-state index contributed by atoms with van der Waals surface area (Å²) in [4.78, 5) is 0. The number of hydrogen-bond donors (Lipinski definition) is 0. The molecule has 0 saturated carbocycles. The predicted octanol–water partition coefficient (Wildman–Crippen LogP) is 3.39. The summed E-state index contributed by atoms with van der Waals surface area (Å²) < 4.78 is 0. The molecule has 1 aliphatic rings. The molecule has 2 unspecified atom stereocenters. The highest BCUT2D eigenvalue weighted by atomic mass is 14.2. The summed E-state index contributed by atoms with van der Waals surface area (Å²) in [5, 5.41) is 0. The van der Waals surface area contributed by atoms with E-state index in [4.69, 9.17) is 0 Å². The van der Waals surface area contributed by atoms with Crippen LogP contribution < -0.4 is 0 Å². The van der Waals surface area contributed by atoms with Crippen LogP contribution in [0.25, 0.3) is 0 Å².